The summed E-state index contributed by atoms with van der Waals surface area (Å²) in [4.78, 5) is 11.6. The average molecular weight is 299 g/mol. The van der Waals surface area contributed by atoms with E-state index in [1.54, 1.807) is 12.1 Å². The molecule has 0 saturated heterocycles. The zero-order valence-corrected chi connectivity index (χ0v) is 12.2. The lowest BCUT2D eigenvalue weighted by Gasteiger charge is -2.06. The number of benzene rings is 1. The topological polar surface area (TPSA) is 115 Å². The Morgan fingerprint density at radius 2 is 1.95 bits per heavy atom. The van der Waals surface area contributed by atoms with Crippen LogP contribution in [0.1, 0.15) is 31.2 Å². The molecule has 0 atom stereocenters. The van der Waals surface area contributed by atoms with Gasteiger partial charge in [0.15, 0.2) is 0 Å². The molecule has 5 N–H and O–H groups in total. The summed E-state index contributed by atoms with van der Waals surface area (Å²) in [5, 5.41) is 7.80. The van der Waals surface area contributed by atoms with E-state index in [2.05, 4.69) is 5.32 Å². The molecule has 0 saturated carbocycles. The van der Waals surface area contributed by atoms with Crippen LogP contribution >= 0.6 is 0 Å². The van der Waals surface area contributed by atoms with Crippen molar-refractivity contribution in [3.63, 3.8) is 0 Å². The van der Waals surface area contributed by atoms with E-state index in [9.17, 15) is 13.2 Å². The van der Waals surface area contributed by atoms with Crippen molar-refractivity contribution in [1.29, 1.82) is 0 Å². The van der Waals surface area contributed by atoms with E-state index in [1.165, 1.54) is 12.1 Å². The Morgan fingerprint density at radius 1 is 1.20 bits per heavy atom. The van der Waals surface area contributed by atoms with Crippen molar-refractivity contribution >= 4 is 15.9 Å². The molecule has 0 aliphatic carbocycles. The first-order chi connectivity index (χ1) is 9.43. The van der Waals surface area contributed by atoms with Crippen molar-refractivity contribution in [2.45, 2.75) is 37.1 Å². The average Bonchev–Trinajstić information content (AvgIpc) is 2.41. The molecule has 1 rings (SSSR count). The Kier molecular flexibility index (Phi) is 6.63. The first-order valence-corrected chi connectivity index (χ1v) is 8.06. The summed E-state index contributed by atoms with van der Waals surface area (Å²) >= 11 is 0. The van der Waals surface area contributed by atoms with Crippen LogP contribution in [-0.4, -0.2) is 20.9 Å². The van der Waals surface area contributed by atoms with E-state index in [0.717, 1.165) is 19.3 Å². The van der Waals surface area contributed by atoms with Gasteiger partial charge in [0.1, 0.15) is 0 Å². The summed E-state index contributed by atoms with van der Waals surface area (Å²) < 4.78 is 22.4. The number of sulfonamides is 1. The van der Waals surface area contributed by atoms with Crippen molar-refractivity contribution in [3.05, 3.63) is 29.8 Å². The fraction of sp³-hybridized carbons (Fsp3) is 0.462. The molecular formula is C13H21N3O3S. The summed E-state index contributed by atoms with van der Waals surface area (Å²) in [6.07, 6.45) is 3.11. The minimum absolute atomic E-state index is 0.0483. The van der Waals surface area contributed by atoms with Crippen LogP contribution in [0.3, 0.4) is 0 Å². The lowest BCUT2D eigenvalue weighted by molar-refractivity contribution is -0.121. The third kappa shape index (κ3) is 6.14. The van der Waals surface area contributed by atoms with Crippen LogP contribution in [0, 0.1) is 0 Å². The van der Waals surface area contributed by atoms with Gasteiger partial charge >= 0.3 is 0 Å². The molecule has 1 amide bonds. The molecule has 0 bridgehead atoms. The molecule has 0 aromatic heterocycles. The Balaban J connectivity index is 2.44. The van der Waals surface area contributed by atoms with E-state index < -0.39 is 10.0 Å². The van der Waals surface area contributed by atoms with E-state index >= 15 is 0 Å². The number of carbonyl (C=O) groups excluding carboxylic acids is 1. The molecular weight excluding hydrogens is 278 g/mol. The molecule has 6 nitrogen and oxygen atoms in total. The third-order valence-corrected chi connectivity index (χ3v) is 3.74. The number of nitrogens with two attached hydrogens (primary N) is 2. The smallest absolute Gasteiger partial charge is 0.238 e. The maximum Gasteiger partial charge on any atom is 0.238 e. The van der Waals surface area contributed by atoms with Gasteiger partial charge < -0.3 is 11.1 Å². The number of amides is 1. The molecule has 0 unspecified atom stereocenters. The molecule has 0 spiro atoms. The molecule has 1 aromatic carbocycles. The molecule has 0 aliphatic heterocycles. The molecule has 20 heavy (non-hydrogen) atoms. The molecule has 0 aliphatic rings. The first kappa shape index (κ1) is 16.6. The van der Waals surface area contributed by atoms with Crippen molar-refractivity contribution < 1.29 is 13.2 Å². The van der Waals surface area contributed by atoms with Gasteiger partial charge in [-0.2, -0.15) is 0 Å². The number of hydrogen-bond acceptors (Lipinski definition) is 4. The van der Waals surface area contributed by atoms with Crippen LogP contribution in [-0.2, 0) is 21.4 Å². The van der Waals surface area contributed by atoms with Crippen LogP contribution in [0.15, 0.2) is 29.2 Å². The number of unbranched alkanes of at least 4 members (excludes halogenated alkanes) is 2. The van der Waals surface area contributed by atoms with Gasteiger partial charge in [-0.25, -0.2) is 13.6 Å². The lowest BCUT2D eigenvalue weighted by atomic mass is 10.2. The normalized spacial score (nSPS) is 11.3. The number of rotatable bonds is 8. The zero-order chi connectivity index (χ0) is 15.0. The highest BCUT2D eigenvalue weighted by Gasteiger charge is 2.08. The number of carbonyl (C=O) groups is 1. The maximum absolute atomic E-state index is 11.6. The van der Waals surface area contributed by atoms with Crippen LogP contribution in [0.25, 0.3) is 0 Å². The van der Waals surface area contributed by atoms with E-state index in [0.29, 0.717) is 25.1 Å². The third-order valence-electron chi connectivity index (χ3n) is 2.82. The van der Waals surface area contributed by atoms with Gasteiger partial charge in [0.05, 0.1) is 4.90 Å². The summed E-state index contributed by atoms with van der Waals surface area (Å²) in [6.45, 7) is 0.932. The fourth-order valence-electron chi connectivity index (χ4n) is 1.73. The quantitative estimate of drug-likeness (QED) is 0.605. The second-order valence-corrected chi connectivity index (χ2v) is 6.13. The van der Waals surface area contributed by atoms with Crippen molar-refractivity contribution in [1.82, 2.24) is 5.32 Å². The van der Waals surface area contributed by atoms with Gasteiger partial charge in [-0.1, -0.05) is 18.6 Å². The Labute approximate surface area is 119 Å². The van der Waals surface area contributed by atoms with Gasteiger partial charge in [0, 0.05) is 13.0 Å². The van der Waals surface area contributed by atoms with Crippen LogP contribution < -0.4 is 16.2 Å². The zero-order valence-electron chi connectivity index (χ0n) is 11.3. The molecule has 112 valence electrons. The van der Waals surface area contributed by atoms with E-state index in [4.69, 9.17) is 10.9 Å². The maximum atomic E-state index is 11.6. The highest BCUT2D eigenvalue weighted by atomic mass is 32.2. The predicted molar refractivity (Wildman–Crippen MR) is 77.2 cm³/mol. The van der Waals surface area contributed by atoms with Gasteiger partial charge in [0.2, 0.25) is 15.9 Å². The highest BCUT2D eigenvalue weighted by molar-refractivity contribution is 7.89. The van der Waals surface area contributed by atoms with Crippen LogP contribution in [0.2, 0.25) is 0 Å². The van der Waals surface area contributed by atoms with Crippen molar-refractivity contribution in [3.8, 4) is 0 Å². The SMILES string of the molecule is NCCCCCC(=O)NCc1cccc(S(N)(=O)=O)c1. The summed E-state index contributed by atoms with van der Waals surface area (Å²) in [6, 6.07) is 6.23. The molecule has 0 heterocycles. The number of hydrogen-bond donors (Lipinski definition) is 3. The van der Waals surface area contributed by atoms with E-state index in [1.807, 2.05) is 0 Å². The molecule has 1 aromatic rings. The standard InChI is InChI=1S/C13H21N3O3S/c14-8-3-1-2-7-13(17)16-10-11-5-4-6-12(9-11)20(15,18)19/h4-6,9H,1-3,7-8,10,14H2,(H,16,17)(H2,15,18,19). The van der Waals surface area contributed by atoms with Gasteiger partial charge in [0.25, 0.3) is 0 Å². The second kappa shape index (κ2) is 7.98. The Bertz CT molecular complexity index is 544. The monoisotopic (exact) mass is 299 g/mol. The van der Waals surface area contributed by atoms with Gasteiger partial charge in [-0.3, -0.25) is 4.79 Å². The largest absolute Gasteiger partial charge is 0.352 e. The van der Waals surface area contributed by atoms with E-state index in [-0.39, 0.29) is 10.8 Å². The Hall–Kier alpha value is -1.44. The lowest BCUT2D eigenvalue weighted by Crippen LogP contribution is -2.22. The van der Waals surface area contributed by atoms with Gasteiger partial charge in [-0.05, 0) is 37.1 Å². The molecule has 0 radical (unpaired) electrons. The first-order valence-electron chi connectivity index (χ1n) is 6.52. The Morgan fingerprint density at radius 3 is 2.60 bits per heavy atom. The summed E-state index contributed by atoms with van der Waals surface area (Å²) in [5.74, 6) is -0.0527. The minimum atomic E-state index is -3.71. The van der Waals surface area contributed by atoms with Crippen molar-refractivity contribution in [2.75, 3.05) is 6.54 Å². The molecule has 7 heteroatoms. The molecule has 0 fully saturated rings. The summed E-state index contributed by atoms with van der Waals surface area (Å²) in [7, 11) is -3.71. The van der Waals surface area contributed by atoms with Crippen molar-refractivity contribution in [2.24, 2.45) is 10.9 Å². The summed E-state index contributed by atoms with van der Waals surface area (Å²) in [5.41, 5.74) is 6.07. The van der Waals surface area contributed by atoms with Crippen LogP contribution in [0.5, 0.6) is 0 Å². The van der Waals surface area contributed by atoms with Crippen LogP contribution in [0.4, 0.5) is 0 Å². The minimum Gasteiger partial charge on any atom is -0.352 e. The predicted octanol–water partition coefficient (Wildman–Crippen LogP) is 0.469. The number of primary sulfonamides is 1. The second-order valence-electron chi connectivity index (χ2n) is 4.57. The highest BCUT2D eigenvalue weighted by Crippen LogP contribution is 2.09. The van der Waals surface area contributed by atoms with Gasteiger partial charge in [-0.15, -0.1) is 0 Å². The number of nitrogens with one attached hydrogen (secondary N) is 1. The fourth-order valence-corrected chi connectivity index (χ4v) is 2.31.